The molecule has 1 aliphatic carbocycles. The quantitative estimate of drug-likeness (QED) is 0.719. The van der Waals surface area contributed by atoms with Crippen molar-refractivity contribution < 1.29 is 0 Å². The molecule has 1 atom stereocenters. The van der Waals surface area contributed by atoms with Crippen molar-refractivity contribution in [1.82, 2.24) is 10.2 Å². The molecule has 0 amide bonds. The van der Waals surface area contributed by atoms with Crippen molar-refractivity contribution in [3.8, 4) is 0 Å². The van der Waals surface area contributed by atoms with Crippen LogP contribution in [0.3, 0.4) is 0 Å². The summed E-state index contributed by atoms with van der Waals surface area (Å²) >= 11 is 9.74. The molecule has 0 spiro atoms. The molecule has 0 bridgehead atoms. The number of halogens is 4. The van der Waals surface area contributed by atoms with Gasteiger partial charge in [0.05, 0.1) is 5.02 Å². The number of nitrogens with one attached hydrogen (secondary N) is 1. The minimum atomic E-state index is 0. The Morgan fingerprint density at radius 3 is 2.36 bits per heavy atom. The molecule has 0 aromatic heterocycles. The van der Waals surface area contributed by atoms with Gasteiger partial charge in [0.15, 0.2) is 0 Å². The van der Waals surface area contributed by atoms with Gasteiger partial charge in [-0.3, -0.25) is 4.90 Å². The van der Waals surface area contributed by atoms with Gasteiger partial charge < -0.3 is 5.32 Å². The molecule has 1 aliphatic heterocycles. The van der Waals surface area contributed by atoms with Gasteiger partial charge in [-0.05, 0) is 52.4 Å². The van der Waals surface area contributed by atoms with Crippen molar-refractivity contribution in [3.05, 3.63) is 33.3 Å². The SMILES string of the molecule is Cl.Cl.Clc1ccc([C@@H](C2CCCC2)N2CCNCC2)cc1Br. The molecule has 3 rings (SSSR count). The summed E-state index contributed by atoms with van der Waals surface area (Å²) in [5, 5.41) is 4.26. The van der Waals surface area contributed by atoms with E-state index in [1.54, 1.807) is 0 Å². The zero-order valence-electron chi connectivity index (χ0n) is 12.6. The van der Waals surface area contributed by atoms with E-state index in [2.05, 4.69) is 38.3 Å². The lowest BCUT2D eigenvalue weighted by Gasteiger charge is -2.38. The Balaban J connectivity index is 0.00000121. The number of hydrogen-bond donors (Lipinski definition) is 1. The lowest BCUT2D eigenvalue weighted by molar-refractivity contribution is 0.125. The molecular formula is C16H24BrCl3N2. The third-order valence-corrected chi connectivity index (χ3v) is 5.89. The zero-order valence-corrected chi connectivity index (χ0v) is 16.5. The molecule has 1 heterocycles. The lowest BCUT2D eigenvalue weighted by Crippen LogP contribution is -2.46. The van der Waals surface area contributed by atoms with Gasteiger partial charge in [0.1, 0.15) is 0 Å². The molecule has 2 fully saturated rings. The molecule has 1 aromatic rings. The van der Waals surface area contributed by atoms with Crippen molar-refractivity contribution in [1.29, 1.82) is 0 Å². The number of rotatable bonds is 3. The number of hydrogen-bond acceptors (Lipinski definition) is 2. The molecule has 2 aliphatic rings. The molecule has 1 saturated carbocycles. The van der Waals surface area contributed by atoms with Crippen molar-refractivity contribution in [2.45, 2.75) is 31.7 Å². The van der Waals surface area contributed by atoms with Crippen LogP contribution >= 0.6 is 52.3 Å². The topological polar surface area (TPSA) is 15.3 Å². The summed E-state index contributed by atoms with van der Waals surface area (Å²) in [6, 6.07) is 7.05. The molecule has 1 saturated heterocycles. The van der Waals surface area contributed by atoms with Crippen LogP contribution in [0, 0.1) is 5.92 Å². The Kier molecular flexibility index (Phi) is 9.06. The number of piperazine rings is 1. The van der Waals surface area contributed by atoms with Crippen LogP contribution in [0.1, 0.15) is 37.3 Å². The molecule has 22 heavy (non-hydrogen) atoms. The van der Waals surface area contributed by atoms with E-state index in [0.717, 1.165) is 41.6 Å². The third-order valence-electron chi connectivity index (χ3n) is 4.68. The zero-order chi connectivity index (χ0) is 13.9. The highest BCUT2D eigenvalue weighted by Gasteiger charge is 2.31. The van der Waals surface area contributed by atoms with E-state index in [1.807, 2.05) is 6.07 Å². The minimum absolute atomic E-state index is 0. The second kappa shape index (κ2) is 9.71. The molecular weight excluding hydrogens is 406 g/mol. The highest BCUT2D eigenvalue weighted by Crippen LogP contribution is 2.41. The predicted octanol–water partition coefficient (Wildman–Crippen LogP) is 5.08. The predicted molar refractivity (Wildman–Crippen MR) is 103 cm³/mol. The van der Waals surface area contributed by atoms with Crippen molar-refractivity contribution in [3.63, 3.8) is 0 Å². The Labute approximate surface area is 159 Å². The largest absolute Gasteiger partial charge is 0.314 e. The van der Waals surface area contributed by atoms with Gasteiger partial charge in [-0.25, -0.2) is 0 Å². The smallest absolute Gasteiger partial charge is 0.0548 e. The highest BCUT2D eigenvalue weighted by atomic mass is 79.9. The Bertz CT molecular complexity index is 461. The van der Waals surface area contributed by atoms with Crippen LogP contribution in [0.2, 0.25) is 5.02 Å². The minimum Gasteiger partial charge on any atom is -0.314 e. The molecule has 126 valence electrons. The van der Waals surface area contributed by atoms with Crippen LogP contribution in [0.15, 0.2) is 22.7 Å². The first-order chi connectivity index (χ1) is 9.75. The lowest BCUT2D eigenvalue weighted by atomic mass is 9.90. The second-order valence-electron chi connectivity index (χ2n) is 5.95. The Morgan fingerprint density at radius 1 is 1.14 bits per heavy atom. The summed E-state index contributed by atoms with van der Waals surface area (Å²) in [6.45, 7) is 4.53. The normalized spacial score (nSPS) is 21.0. The van der Waals surface area contributed by atoms with E-state index in [9.17, 15) is 0 Å². The second-order valence-corrected chi connectivity index (χ2v) is 7.21. The van der Waals surface area contributed by atoms with Crippen LogP contribution in [-0.2, 0) is 0 Å². The van der Waals surface area contributed by atoms with Crippen LogP contribution in [0.5, 0.6) is 0 Å². The summed E-state index contributed by atoms with van der Waals surface area (Å²) < 4.78 is 1.02. The van der Waals surface area contributed by atoms with Crippen LogP contribution < -0.4 is 5.32 Å². The fourth-order valence-electron chi connectivity index (χ4n) is 3.71. The molecule has 6 heteroatoms. The Morgan fingerprint density at radius 2 is 1.77 bits per heavy atom. The van der Waals surface area contributed by atoms with E-state index < -0.39 is 0 Å². The summed E-state index contributed by atoms with van der Waals surface area (Å²) in [4.78, 5) is 2.67. The average molecular weight is 431 g/mol. The van der Waals surface area contributed by atoms with E-state index in [1.165, 1.54) is 31.2 Å². The third kappa shape index (κ3) is 4.75. The van der Waals surface area contributed by atoms with Crippen LogP contribution in [0.25, 0.3) is 0 Å². The van der Waals surface area contributed by atoms with Crippen molar-refractivity contribution in [2.75, 3.05) is 26.2 Å². The fourth-order valence-corrected chi connectivity index (χ4v) is 4.22. The van der Waals surface area contributed by atoms with E-state index >= 15 is 0 Å². The average Bonchev–Trinajstić information content (AvgIpc) is 2.98. The first kappa shape index (κ1) is 20.5. The number of nitrogens with zero attached hydrogens (tertiary/aromatic N) is 1. The van der Waals surface area contributed by atoms with Gasteiger partial charge in [-0.15, -0.1) is 24.8 Å². The summed E-state index contributed by atoms with van der Waals surface area (Å²) in [5.41, 5.74) is 1.43. The van der Waals surface area contributed by atoms with Crippen molar-refractivity contribution in [2.24, 2.45) is 5.92 Å². The molecule has 0 radical (unpaired) electrons. The van der Waals surface area contributed by atoms with Crippen LogP contribution in [-0.4, -0.2) is 31.1 Å². The van der Waals surface area contributed by atoms with Gasteiger partial charge in [-0.1, -0.05) is 30.5 Å². The summed E-state index contributed by atoms with van der Waals surface area (Å²) in [7, 11) is 0. The Hall–Kier alpha value is 0.490. The molecule has 0 unspecified atom stereocenters. The van der Waals surface area contributed by atoms with Gasteiger partial charge >= 0.3 is 0 Å². The standard InChI is InChI=1S/C16H22BrClN2.2ClH/c17-14-11-13(5-6-15(14)18)16(12-3-1-2-4-12)20-9-7-19-8-10-20;;/h5-6,11-12,16,19H,1-4,7-10H2;2*1H/t16-;;/m1../s1. The summed E-state index contributed by atoms with van der Waals surface area (Å²) in [6.07, 6.45) is 5.52. The molecule has 1 N–H and O–H groups in total. The maximum Gasteiger partial charge on any atom is 0.0548 e. The highest BCUT2D eigenvalue weighted by molar-refractivity contribution is 9.10. The van der Waals surface area contributed by atoms with Crippen LogP contribution in [0.4, 0.5) is 0 Å². The number of benzene rings is 1. The molecule has 1 aromatic carbocycles. The van der Waals surface area contributed by atoms with E-state index in [0.29, 0.717) is 6.04 Å². The van der Waals surface area contributed by atoms with Gasteiger partial charge in [-0.2, -0.15) is 0 Å². The van der Waals surface area contributed by atoms with Gasteiger partial charge in [0.25, 0.3) is 0 Å². The van der Waals surface area contributed by atoms with Gasteiger partial charge in [0, 0.05) is 36.7 Å². The molecule has 2 nitrogen and oxygen atoms in total. The van der Waals surface area contributed by atoms with E-state index in [4.69, 9.17) is 11.6 Å². The first-order valence-electron chi connectivity index (χ1n) is 7.65. The fraction of sp³-hybridized carbons (Fsp3) is 0.625. The van der Waals surface area contributed by atoms with Gasteiger partial charge in [0.2, 0.25) is 0 Å². The first-order valence-corrected chi connectivity index (χ1v) is 8.82. The van der Waals surface area contributed by atoms with E-state index in [-0.39, 0.29) is 24.8 Å². The van der Waals surface area contributed by atoms with Crippen molar-refractivity contribution >= 4 is 52.3 Å². The monoisotopic (exact) mass is 428 g/mol. The summed E-state index contributed by atoms with van der Waals surface area (Å²) in [5.74, 6) is 0.807. The maximum atomic E-state index is 6.16. The maximum absolute atomic E-state index is 6.16.